The molecule has 5 aliphatic rings. The highest BCUT2D eigenvalue weighted by molar-refractivity contribution is 5.94. The summed E-state index contributed by atoms with van der Waals surface area (Å²) in [6.45, 7) is 5.09. The molecule has 6 heterocycles. The average molecular weight is 540 g/mol. The van der Waals surface area contributed by atoms with E-state index < -0.39 is 11.4 Å². The van der Waals surface area contributed by atoms with Crippen LogP contribution < -0.4 is 15.8 Å². The number of halogens is 1. The lowest BCUT2D eigenvalue weighted by molar-refractivity contribution is -0.232. The molecule has 12 heteroatoms. The molecule has 2 spiro atoms. The monoisotopic (exact) mass is 539 g/mol. The van der Waals surface area contributed by atoms with Crippen LogP contribution in [0.1, 0.15) is 36.2 Å². The molecule has 2 aromatic heterocycles. The number of ether oxygens (including phenoxy) is 2. The second kappa shape index (κ2) is 8.97. The number of hydrogen-bond donors (Lipinski definition) is 3. The number of aromatic nitrogens is 3. The second-order valence-corrected chi connectivity index (χ2v) is 11.9. The van der Waals surface area contributed by atoms with Gasteiger partial charge in [-0.15, -0.1) is 0 Å². The number of nitrogens with two attached hydrogens (primary N) is 1. The third-order valence-corrected chi connectivity index (χ3v) is 9.96. The van der Waals surface area contributed by atoms with Crippen molar-refractivity contribution in [1.29, 1.82) is 0 Å². The van der Waals surface area contributed by atoms with Gasteiger partial charge in [-0.1, -0.05) is 0 Å². The van der Waals surface area contributed by atoms with Crippen molar-refractivity contribution in [3.05, 3.63) is 29.8 Å². The average Bonchev–Trinajstić information content (AvgIpc) is 3.23. The summed E-state index contributed by atoms with van der Waals surface area (Å²) in [4.78, 5) is 34.5. The van der Waals surface area contributed by atoms with E-state index in [2.05, 4.69) is 25.4 Å². The van der Waals surface area contributed by atoms with Crippen LogP contribution in [0, 0.1) is 23.6 Å². The van der Waals surface area contributed by atoms with Crippen LogP contribution >= 0.6 is 0 Å². The number of nitrogens with zero attached hydrogens (tertiary/aromatic N) is 4. The van der Waals surface area contributed by atoms with E-state index in [4.69, 9.17) is 15.2 Å². The first-order chi connectivity index (χ1) is 18.8. The van der Waals surface area contributed by atoms with Gasteiger partial charge in [-0.05, 0) is 50.1 Å². The minimum absolute atomic E-state index is 0.0172. The first kappa shape index (κ1) is 24.9. The number of likely N-dealkylation sites (tertiary alicyclic amines) is 2. The fourth-order valence-corrected chi connectivity index (χ4v) is 7.58. The first-order valence-electron chi connectivity index (χ1n) is 13.8. The van der Waals surface area contributed by atoms with E-state index >= 15 is 0 Å². The number of pyridine rings is 1. The van der Waals surface area contributed by atoms with Gasteiger partial charge >= 0.3 is 0 Å². The largest absolute Gasteiger partial charge is 0.481 e. The van der Waals surface area contributed by atoms with Crippen molar-refractivity contribution in [2.45, 2.75) is 42.9 Å². The molecule has 4 saturated heterocycles. The molecule has 0 aromatic carbocycles. The SMILES string of the molecule is COc1cc(-c2cc(C(=O)N3CCC(C(N)=O)CC34CC4[C@@H]3CCN([C@H]4COC45CNC5)C3)[nH]n2)c(F)cn1. The Morgan fingerprint density at radius 3 is 2.77 bits per heavy atom. The maximum Gasteiger partial charge on any atom is 0.272 e. The summed E-state index contributed by atoms with van der Waals surface area (Å²) in [6, 6.07) is 3.49. The van der Waals surface area contributed by atoms with Crippen molar-refractivity contribution >= 4 is 11.8 Å². The third-order valence-electron chi connectivity index (χ3n) is 9.96. The molecule has 39 heavy (non-hydrogen) atoms. The van der Waals surface area contributed by atoms with Crippen LogP contribution in [0.4, 0.5) is 4.39 Å². The molecule has 5 atom stereocenters. The lowest BCUT2D eigenvalue weighted by Gasteiger charge is -2.58. The molecule has 5 fully saturated rings. The number of rotatable bonds is 6. The molecule has 11 nitrogen and oxygen atoms in total. The number of amides is 2. The predicted octanol–water partition coefficient (Wildman–Crippen LogP) is 0.778. The van der Waals surface area contributed by atoms with Crippen molar-refractivity contribution in [1.82, 2.24) is 30.3 Å². The van der Waals surface area contributed by atoms with Crippen LogP contribution in [0.5, 0.6) is 5.88 Å². The lowest BCUT2D eigenvalue weighted by Crippen LogP contribution is -2.78. The predicted molar refractivity (Wildman–Crippen MR) is 137 cm³/mol. The molecule has 208 valence electrons. The van der Waals surface area contributed by atoms with Crippen LogP contribution in [0.25, 0.3) is 11.3 Å². The van der Waals surface area contributed by atoms with Crippen LogP contribution in [0.2, 0.25) is 0 Å². The summed E-state index contributed by atoms with van der Waals surface area (Å²) >= 11 is 0. The minimum Gasteiger partial charge on any atom is -0.481 e. The zero-order valence-electron chi connectivity index (χ0n) is 22.0. The molecule has 7 rings (SSSR count). The van der Waals surface area contributed by atoms with E-state index in [-0.39, 0.29) is 34.8 Å². The first-order valence-corrected chi connectivity index (χ1v) is 13.8. The molecule has 2 amide bonds. The van der Waals surface area contributed by atoms with Gasteiger partial charge in [0.25, 0.3) is 5.91 Å². The smallest absolute Gasteiger partial charge is 0.272 e. The van der Waals surface area contributed by atoms with Crippen molar-refractivity contribution in [2.24, 2.45) is 23.5 Å². The number of primary amides is 1. The summed E-state index contributed by atoms with van der Waals surface area (Å²) in [5.41, 5.74) is 6.15. The molecule has 0 radical (unpaired) electrons. The van der Waals surface area contributed by atoms with Crippen molar-refractivity contribution in [3.8, 4) is 17.1 Å². The molecule has 1 aliphatic carbocycles. The van der Waals surface area contributed by atoms with Crippen molar-refractivity contribution in [3.63, 3.8) is 0 Å². The fourth-order valence-electron chi connectivity index (χ4n) is 7.58. The number of hydrogen-bond acceptors (Lipinski definition) is 8. The number of methoxy groups -OCH3 is 1. The zero-order chi connectivity index (χ0) is 26.9. The summed E-state index contributed by atoms with van der Waals surface area (Å²) < 4.78 is 25.6. The Labute approximate surface area is 225 Å². The Morgan fingerprint density at radius 1 is 1.23 bits per heavy atom. The molecule has 1 saturated carbocycles. The molecule has 3 unspecified atom stereocenters. The number of carbonyl (C=O) groups excluding carboxylic acids is 2. The maximum absolute atomic E-state index is 14.5. The van der Waals surface area contributed by atoms with Gasteiger partial charge in [-0.3, -0.25) is 19.6 Å². The van der Waals surface area contributed by atoms with E-state index in [1.54, 1.807) is 6.07 Å². The van der Waals surface area contributed by atoms with E-state index in [0.29, 0.717) is 48.7 Å². The summed E-state index contributed by atoms with van der Waals surface area (Å²) in [7, 11) is 1.46. The quantitative estimate of drug-likeness (QED) is 0.490. The van der Waals surface area contributed by atoms with Gasteiger partial charge in [-0.2, -0.15) is 5.10 Å². The topological polar surface area (TPSA) is 139 Å². The van der Waals surface area contributed by atoms with Crippen LogP contribution in [0.15, 0.2) is 18.3 Å². The van der Waals surface area contributed by atoms with Gasteiger partial charge in [0.15, 0.2) is 5.82 Å². The number of carbonyl (C=O) groups is 2. The van der Waals surface area contributed by atoms with Gasteiger partial charge in [0.1, 0.15) is 11.3 Å². The molecular weight excluding hydrogens is 505 g/mol. The van der Waals surface area contributed by atoms with Crippen LogP contribution in [-0.4, -0.2) is 100 Å². The van der Waals surface area contributed by atoms with Crippen molar-refractivity contribution < 1.29 is 23.5 Å². The molecule has 2 aromatic rings. The van der Waals surface area contributed by atoms with Crippen LogP contribution in [0.3, 0.4) is 0 Å². The Hall–Kier alpha value is -3.09. The standard InChI is InChI=1S/C27H34FN7O4/c1-38-23-6-17(19(28)10-31-23)20-7-21(33-32-20)25(37)35-5-3-15(24(29)36)8-26(35)9-18(26)16-2-4-34(11-16)22-12-39-27(22)13-30-14-27/h6-7,10,15-16,18,22,30H,2-5,8-9,11-14H2,1H3,(H2,29,36)(H,32,33)/t15?,16-,18?,22+,26?/m1/s1. The lowest BCUT2D eigenvalue weighted by atomic mass is 9.82. The highest BCUT2D eigenvalue weighted by Crippen LogP contribution is 2.60. The number of nitrogens with one attached hydrogen (secondary N) is 2. The Bertz CT molecular complexity index is 1310. The van der Waals surface area contributed by atoms with E-state index in [1.165, 1.54) is 13.2 Å². The van der Waals surface area contributed by atoms with Gasteiger partial charge in [-0.25, -0.2) is 9.37 Å². The number of H-pyrrole nitrogens is 1. The van der Waals surface area contributed by atoms with E-state index in [0.717, 1.165) is 51.8 Å². The van der Waals surface area contributed by atoms with Gasteiger partial charge < -0.3 is 25.4 Å². The van der Waals surface area contributed by atoms with Gasteiger partial charge in [0.2, 0.25) is 11.8 Å². The normalized spacial score (nSPS) is 33.1. The van der Waals surface area contributed by atoms with Crippen molar-refractivity contribution in [2.75, 3.05) is 46.4 Å². The Balaban J connectivity index is 1.11. The molecular formula is C27H34FN7O4. The summed E-state index contributed by atoms with van der Waals surface area (Å²) in [5, 5.41) is 10.4. The van der Waals surface area contributed by atoms with Crippen LogP contribution in [-0.2, 0) is 9.53 Å². The zero-order valence-corrected chi connectivity index (χ0v) is 22.0. The fraction of sp³-hybridized carbons (Fsp3) is 0.630. The van der Waals surface area contributed by atoms with E-state index in [1.807, 2.05) is 4.90 Å². The molecule has 0 bridgehead atoms. The van der Waals surface area contributed by atoms with Gasteiger partial charge in [0, 0.05) is 49.3 Å². The van der Waals surface area contributed by atoms with Gasteiger partial charge in [0.05, 0.1) is 31.6 Å². The minimum atomic E-state index is -0.551. The Kier molecular flexibility index (Phi) is 5.73. The second-order valence-electron chi connectivity index (χ2n) is 11.9. The molecule has 4 N–H and O–H groups in total. The maximum atomic E-state index is 14.5. The van der Waals surface area contributed by atoms with E-state index in [9.17, 15) is 14.0 Å². The Morgan fingerprint density at radius 2 is 2.08 bits per heavy atom. The highest BCUT2D eigenvalue weighted by atomic mass is 19.1. The summed E-state index contributed by atoms with van der Waals surface area (Å²) in [5.74, 6) is -0.239. The highest BCUT2D eigenvalue weighted by Gasteiger charge is 2.66. The number of aromatic amines is 1. The number of piperidine rings is 1. The summed E-state index contributed by atoms with van der Waals surface area (Å²) in [6.07, 6.45) is 4.15. The third kappa shape index (κ3) is 3.86. The molecule has 4 aliphatic heterocycles.